The predicted molar refractivity (Wildman–Crippen MR) is 123 cm³/mol. The molecule has 5 heteroatoms. The molecular weight excluding hydrogens is 378 g/mol. The summed E-state index contributed by atoms with van der Waals surface area (Å²) in [4.78, 5) is 5.65. The third-order valence-electron chi connectivity index (χ3n) is 5.14. The number of thiocarbonyl (C=S) groups is 1. The zero-order chi connectivity index (χ0) is 20.2. The van der Waals surface area contributed by atoms with Gasteiger partial charge in [0.25, 0.3) is 0 Å². The highest BCUT2D eigenvalue weighted by Crippen LogP contribution is 2.23. The summed E-state index contributed by atoms with van der Waals surface area (Å²) in [6.07, 6.45) is 2.60. The number of nitrogens with zero attached hydrogens (tertiary/aromatic N) is 1. The Balaban J connectivity index is 1.53. The van der Waals surface area contributed by atoms with E-state index in [4.69, 9.17) is 16.6 Å². The quantitative estimate of drug-likeness (QED) is 0.398. The monoisotopic (exact) mass is 403 g/mol. The van der Waals surface area contributed by atoms with Gasteiger partial charge in [-0.2, -0.15) is 0 Å². The van der Waals surface area contributed by atoms with Crippen LogP contribution < -0.4 is 5.32 Å². The molecule has 0 fully saturated rings. The highest BCUT2D eigenvalue weighted by atomic mass is 32.1. The lowest BCUT2D eigenvalue weighted by Crippen LogP contribution is -2.35. The van der Waals surface area contributed by atoms with Crippen molar-refractivity contribution in [2.75, 3.05) is 11.9 Å². The van der Waals surface area contributed by atoms with Crippen LogP contribution in [0.2, 0.25) is 0 Å². The van der Waals surface area contributed by atoms with Crippen molar-refractivity contribution in [3.8, 4) is 0 Å². The van der Waals surface area contributed by atoms with Crippen molar-refractivity contribution in [3.05, 3.63) is 89.5 Å². The van der Waals surface area contributed by atoms with Gasteiger partial charge in [0.2, 0.25) is 0 Å². The van der Waals surface area contributed by atoms with Crippen LogP contribution in [0.5, 0.6) is 0 Å². The van der Waals surface area contributed by atoms with Gasteiger partial charge in [-0.25, -0.2) is 0 Å². The summed E-state index contributed by atoms with van der Waals surface area (Å²) in [5.41, 5.74) is 5.93. The van der Waals surface area contributed by atoms with Gasteiger partial charge in [0.1, 0.15) is 5.76 Å². The van der Waals surface area contributed by atoms with Gasteiger partial charge in [-0.1, -0.05) is 30.3 Å². The molecule has 0 amide bonds. The number of aromatic nitrogens is 1. The lowest BCUT2D eigenvalue weighted by atomic mass is 10.1. The van der Waals surface area contributed by atoms with Crippen LogP contribution in [0.4, 0.5) is 5.69 Å². The molecule has 0 saturated heterocycles. The average molecular weight is 404 g/mol. The molecule has 4 rings (SSSR count). The Morgan fingerprint density at radius 2 is 1.93 bits per heavy atom. The number of para-hydroxylation sites is 1. The second-order valence-electron chi connectivity index (χ2n) is 7.32. The second kappa shape index (κ2) is 8.53. The molecule has 4 aromatic rings. The molecule has 0 radical (unpaired) electrons. The fourth-order valence-corrected chi connectivity index (χ4v) is 3.95. The van der Waals surface area contributed by atoms with Crippen molar-refractivity contribution < 1.29 is 4.42 Å². The summed E-state index contributed by atoms with van der Waals surface area (Å²) >= 11 is 5.76. The van der Waals surface area contributed by atoms with E-state index in [0.29, 0.717) is 11.7 Å². The molecule has 0 aliphatic carbocycles. The van der Waals surface area contributed by atoms with Gasteiger partial charge in [-0.05, 0) is 73.9 Å². The molecule has 0 saturated carbocycles. The van der Waals surface area contributed by atoms with E-state index in [1.807, 2.05) is 24.3 Å². The van der Waals surface area contributed by atoms with Gasteiger partial charge in [0.05, 0.1) is 12.8 Å². The predicted octanol–water partition coefficient (Wildman–Crippen LogP) is 5.82. The Labute approximate surface area is 176 Å². The molecule has 0 atom stereocenters. The third-order valence-corrected chi connectivity index (χ3v) is 5.50. The van der Waals surface area contributed by atoms with Crippen molar-refractivity contribution >= 4 is 33.9 Å². The lowest BCUT2D eigenvalue weighted by molar-refractivity contribution is 0.368. The first kappa shape index (κ1) is 19.3. The third kappa shape index (κ3) is 4.51. The Kier molecular flexibility index (Phi) is 5.67. The summed E-state index contributed by atoms with van der Waals surface area (Å²) in [6, 6.07) is 20.6. The topological polar surface area (TPSA) is 44.2 Å². The summed E-state index contributed by atoms with van der Waals surface area (Å²) in [5, 5.41) is 5.36. The fourth-order valence-electron chi connectivity index (χ4n) is 3.67. The Morgan fingerprint density at radius 3 is 2.72 bits per heavy atom. The number of hydrogen-bond acceptors (Lipinski definition) is 2. The summed E-state index contributed by atoms with van der Waals surface area (Å²) in [7, 11) is 0. The van der Waals surface area contributed by atoms with E-state index in [-0.39, 0.29) is 0 Å². The molecule has 2 aromatic carbocycles. The number of H-pyrrole nitrogens is 1. The highest BCUT2D eigenvalue weighted by molar-refractivity contribution is 7.80. The normalized spacial score (nSPS) is 11.0. The Hall–Kier alpha value is -3.05. The lowest BCUT2D eigenvalue weighted by Gasteiger charge is -2.25. The molecule has 148 valence electrons. The van der Waals surface area contributed by atoms with E-state index in [9.17, 15) is 0 Å². The van der Waals surface area contributed by atoms with Crippen LogP contribution in [0.1, 0.15) is 22.6 Å². The fraction of sp³-hybridized carbons (Fsp3) is 0.208. The van der Waals surface area contributed by atoms with E-state index in [0.717, 1.165) is 24.4 Å². The van der Waals surface area contributed by atoms with Gasteiger partial charge in [0, 0.05) is 28.8 Å². The molecule has 29 heavy (non-hydrogen) atoms. The van der Waals surface area contributed by atoms with E-state index < -0.39 is 0 Å². The first-order chi connectivity index (χ1) is 14.1. The van der Waals surface area contributed by atoms with Crippen LogP contribution >= 0.6 is 12.2 Å². The molecule has 2 heterocycles. The summed E-state index contributed by atoms with van der Waals surface area (Å²) in [6.45, 7) is 5.64. The summed E-state index contributed by atoms with van der Waals surface area (Å²) < 4.78 is 5.58. The Morgan fingerprint density at radius 1 is 1.07 bits per heavy atom. The smallest absolute Gasteiger partial charge is 0.173 e. The van der Waals surface area contributed by atoms with Gasteiger partial charge in [-0.15, -0.1) is 0 Å². The molecule has 0 unspecified atom stereocenters. The highest BCUT2D eigenvalue weighted by Gasteiger charge is 2.15. The second-order valence-corrected chi connectivity index (χ2v) is 7.71. The number of aryl methyl sites for hydroxylation is 2. The maximum atomic E-state index is 5.76. The average Bonchev–Trinajstić information content (AvgIpc) is 3.32. The first-order valence-corrected chi connectivity index (χ1v) is 10.2. The van der Waals surface area contributed by atoms with E-state index in [1.54, 1.807) is 6.26 Å². The zero-order valence-corrected chi connectivity index (χ0v) is 17.6. The number of fused-ring (bicyclic) bond motifs is 1. The molecule has 0 bridgehead atoms. The molecule has 0 spiro atoms. The number of rotatable bonds is 6. The molecule has 0 aliphatic heterocycles. The minimum atomic E-state index is 0.631. The largest absolute Gasteiger partial charge is 0.467 e. The van der Waals surface area contributed by atoms with Crippen molar-refractivity contribution in [1.82, 2.24) is 9.88 Å². The number of furan rings is 1. The number of nitrogens with one attached hydrogen (secondary N) is 2. The zero-order valence-electron chi connectivity index (χ0n) is 16.7. The number of hydrogen-bond donors (Lipinski definition) is 2. The van der Waals surface area contributed by atoms with Crippen molar-refractivity contribution in [3.63, 3.8) is 0 Å². The standard InChI is InChI=1S/C24H25N3OS/c1-17-7-5-8-19(15-17)26-24(29)27(16-20-9-6-14-28-20)13-12-21-18(2)25-23-11-4-3-10-22(21)23/h3-11,14-15,25H,12-13,16H2,1-2H3,(H,26,29). The number of anilines is 1. The van der Waals surface area contributed by atoms with Crippen molar-refractivity contribution in [2.24, 2.45) is 0 Å². The molecule has 2 aromatic heterocycles. The number of benzene rings is 2. The van der Waals surface area contributed by atoms with Crippen molar-refractivity contribution in [2.45, 2.75) is 26.8 Å². The summed E-state index contributed by atoms with van der Waals surface area (Å²) in [5.74, 6) is 0.897. The minimum Gasteiger partial charge on any atom is -0.467 e. The molecule has 2 N–H and O–H groups in total. The van der Waals surface area contributed by atoms with Crippen LogP contribution in [-0.2, 0) is 13.0 Å². The maximum absolute atomic E-state index is 5.76. The molecular formula is C24H25N3OS. The minimum absolute atomic E-state index is 0.631. The van der Waals surface area contributed by atoms with Crippen LogP contribution in [0, 0.1) is 13.8 Å². The van der Waals surface area contributed by atoms with E-state index in [2.05, 4.69) is 65.4 Å². The van der Waals surface area contributed by atoms with Crippen LogP contribution in [0.25, 0.3) is 10.9 Å². The van der Waals surface area contributed by atoms with Crippen molar-refractivity contribution in [1.29, 1.82) is 0 Å². The van der Waals surface area contributed by atoms with Gasteiger partial charge >= 0.3 is 0 Å². The van der Waals surface area contributed by atoms with Crippen LogP contribution in [-0.4, -0.2) is 21.5 Å². The van der Waals surface area contributed by atoms with Gasteiger partial charge in [-0.3, -0.25) is 0 Å². The maximum Gasteiger partial charge on any atom is 0.173 e. The van der Waals surface area contributed by atoms with E-state index in [1.165, 1.54) is 27.7 Å². The molecule has 0 aliphatic rings. The van der Waals surface area contributed by atoms with Crippen LogP contribution in [0.15, 0.2) is 71.3 Å². The molecule has 4 nitrogen and oxygen atoms in total. The number of aromatic amines is 1. The van der Waals surface area contributed by atoms with Gasteiger partial charge in [0.15, 0.2) is 5.11 Å². The SMILES string of the molecule is Cc1cccc(NC(=S)N(CCc2c(C)[nH]c3ccccc23)Cc2ccco2)c1. The van der Waals surface area contributed by atoms with Gasteiger partial charge < -0.3 is 19.6 Å². The first-order valence-electron chi connectivity index (χ1n) is 9.81. The Bertz CT molecular complexity index is 1110. The van der Waals surface area contributed by atoms with E-state index >= 15 is 0 Å². The van der Waals surface area contributed by atoms with Crippen LogP contribution in [0.3, 0.4) is 0 Å².